The Balaban J connectivity index is 1.69. The maximum absolute atomic E-state index is 15.5. The lowest BCUT2D eigenvalue weighted by Gasteiger charge is -2.33. The van der Waals surface area contributed by atoms with Gasteiger partial charge in [-0.2, -0.15) is 0 Å². The zero-order valence-electron chi connectivity index (χ0n) is 23.2. The number of hydrogen-bond acceptors (Lipinski definition) is 5. The zero-order chi connectivity index (χ0) is 27.2. The average Bonchev–Trinajstić information content (AvgIpc) is 2.83. The topological polar surface area (TPSA) is 60.0 Å². The normalized spacial score (nSPS) is 12.9. The molecule has 6 nitrogen and oxygen atoms in total. The third kappa shape index (κ3) is 13.6. The van der Waals surface area contributed by atoms with Crippen LogP contribution in [0.5, 0.6) is 0 Å². The number of rotatable bonds is 16. The lowest BCUT2D eigenvalue weighted by Crippen LogP contribution is -2.44. The van der Waals surface area contributed by atoms with Gasteiger partial charge in [0.2, 0.25) is 0 Å². The van der Waals surface area contributed by atoms with Crippen LogP contribution < -0.4 is 5.32 Å². The molecule has 206 valence electrons. The molecule has 0 spiro atoms. The largest absolute Gasteiger partial charge is 0.444 e. The molecule has 0 aliphatic heterocycles. The van der Waals surface area contributed by atoms with E-state index in [1.165, 1.54) is 0 Å². The summed E-state index contributed by atoms with van der Waals surface area (Å²) in [5.41, 5.74) is 0.892. The first-order valence-corrected chi connectivity index (χ1v) is 13.2. The Morgan fingerprint density at radius 1 is 0.865 bits per heavy atom. The molecule has 2 aromatic rings. The van der Waals surface area contributed by atoms with Gasteiger partial charge >= 0.3 is 6.09 Å². The van der Waals surface area contributed by atoms with Crippen LogP contribution in [-0.2, 0) is 27.3 Å². The highest BCUT2D eigenvalue weighted by Crippen LogP contribution is 2.22. The number of nitrogens with zero attached hydrogens (tertiary/aromatic N) is 1. The summed E-state index contributed by atoms with van der Waals surface area (Å²) in [5.74, 6) is 0. The van der Waals surface area contributed by atoms with Gasteiger partial charge in [-0.15, -0.1) is 0 Å². The van der Waals surface area contributed by atoms with Crippen molar-refractivity contribution in [2.45, 2.75) is 77.9 Å². The van der Waals surface area contributed by atoms with Gasteiger partial charge in [0.1, 0.15) is 11.8 Å². The minimum atomic E-state index is -1.15. The van der Waals surface area contributed by atoms with Crippen molar-refractivity contribution >= 4 is 6.09 Å². The van der Waals surface area contributed by atoms with Crippen LogP contribution in [0.4, 0.5) is 9.18 Å². The highest BCUT2D eigenvalue weighted by molar-refractivity contribution is 5.67. The van der Waals surface area contributed by atoms with E-state index in [0.717, 1.165) is 11.1 Å². The molecule has 0 radical (unpaired) electrons. The minimum Gasteiger partial charge on any atom is -0.444 e. The summed E-state index contributed by atoms with van der Waals surface area (Å²) < 4.78 is 32.2. The van der Waals surface area contributed by atoms with Crippen molar-refractivity contribution in [3.63, 3.8) is 0 Å². The Morgan fingerprint density at radius 2 is 1.41 bits per heavy atom. The second kappa shape index (κ2) is 15.7. The van der Waals surface area contributed by atoms with Crippen LogP contribution in [0.25, 0.3) is 0 Å². The number of alkyl carbamates (subject to hydrolysis) is 1. The van der Waals surface area contributed by atoms with Crippen LogP contribution in [0.2, 0.25) is 0 Å². The molecule has 0 saturated heterocycles. The van der Waals surface area contributed by atoms with Crippen molar-refractivity contribution in [3.05, 3.63) is 71.8 Å². The summed E-state index contributed by atoms with van der Waals surface area (Å²) in [7, 11) is 0. The number of amides is 1. The Morgan fingerprint density at radius 3 is 1.95 bits per heavy atom. The zero-order valence-corrected chi connectivity index (χ0v) is 23.2. The Kier molecular flexibility index (Phi) is 13.0. The van der Waals surface area contributed by atoms with Crippen molar-refractivity contribution in [3.8, 4) is 0 Å². The fourth-order valence-corrected chi connectivity index (χ4v) is 3.68. The highest BCUT2D eigenvalue weighted by Gasteiger charge is 2.32. The van der Waals surface area contributed by atoms with Gasteiger partial charge in [0.05, 0.1) is 5.60 Å². The molecule has 1 N–H and O–H groups in total. The summed E-state index contributed by atoms with van der Waals surface area (Å²) in [5, 5.41) is 2.71. The molecular formula is C30H45FN2O4. The van der Waals surface area contributed by atoms with Gasteiger partial charge in [0.15, 0.2) is 0 Å². The highest BCUT2D eigenvalue weighted by atomic mass is 19.1. The van der Waals surface area contributed by atoms with Crippen LogP contribution in [0, 0.1) is 0 Å². The predicted molar refractivity (Wildman–Crippen MR) is 146 cm³/mol. The van der Waals surface area contributed by atoms with Gasteiger partial charge < -0.3 is 19.5 Å². The number of carbonyl (C=O) groups is 1. The van der Waals surface area contributed by atoms with Crippen molar-refractivity contribution in [2.75, 3.05) is 32.9 Å². The fourth-order valence-electron chi connectivity index (χ4n) is 3.68. The SMILES string of the molecule is CC(C)(C)OC(=O)NCCCOCCCOC(C)(C)C(F)CN(Cc1ccccc1)Cc1ccccc1. The van der Waals surface area contributed by atoms with Crippen LogP contribution >= 0.6 is 0 Å². The third-order valence-corrected chi connectivity index (χ3v) is 5.71. The molecule has 0 aliphatic carbocycles. The molecule has 1 amide bonds. The predicted octanol–water partition coefficient (Wildman–Crippen LogP) is 6.14. The van der Waals surface area contributed by atoms with E-state index in [4.69, 9.17) is 14.2 Å². The second-order valence-corrected chi connectivity index (χ2v) is 10.8. The Hall–Kier alpha value is -2.48. The number of benzene rings is 2. The Bertz CT molecular complexity index is 846. The third-order valence-electron chi connectivity index (χ3n) is 5.71. The van der Waals surface area contributed by atoms with Gasteiger partial charge in [0, 0.05) is 46.0 Å². The van der Waals surface area contributed by atoms with Gasteiger partial charge in [-0.05, 0) is 58.6 Å². The van der Waals surface area contributed by atoms with Crippen LogP contribution in [-0.4, -0.2) is 61.3 Å². The molecule has 7 heteroatoms. The van der Waals surface area contributed by atoms with Gasteiger partial charge in [-0.25, -0.2) is 9.18 Å². The smallest absolute Gasteiger partial charge is 0.407 e. The molecule has 1 unspecified atom stereocenters. The van der Waals surface area contributed by atoms with Gasteiger partial charge in [0.25, 0.3) is 0 Å². The molecule has 2 rings (SSSR count). The number of halogens is 1. The fraction of sp³-hybridized carbons (Fsp3) is 0.567. The number of ether oxygens (including phenoxy) is 3. The summed E-state index contributed by atoms with van der Waals surface area (Å²) in [6, 6.07) is 20.3. The van der Waals surface area contributed by atoms with Crippen molar-refractivity contribution in [1.82, 2.24) is 10.2 Å². The van der Waals surface area contributed by atoms with Gasteiger partial charge in [-0.3, -0.25) is 4.90 Å². The van der Waals surface area contributed by atoms with Crippen LogP contribution in [0.1, 0.15) is 58.6 Å². The molecule has 0 fully saturated rings. The van der Waals surface area contributed by atoms with E-state index in [2.05, 4.69) is 34.5 Å². The van der Waals surface area contributed by atoms with E-state index >= 15 is 4.39 Å². The van der Waals surface area contributed by atoms with E-state index in [1.807, 2.05) is 71.0 Å². The molecule has 1 atom stereocenters. The van der Waals surface area contributed by atoms with Crippen molar-refractivity contribution in [2.24, 2.45) is 0 Å². The lowest BCUT2D eigenvalue weighted by molar-refractivity contribution is -0.0845. The maximum atomic E-state index is 15.5. The number of alkyl halides is 1. The maximum Gasteiger partial charge on any atom is 0.407 e. The number of hydrogen-bond donors (Lipinski definition) is 1. The molecule has 0 aromatic heterocycles. The van der Waals surface area contributed by atoms with Crippen LogP contribution in [0.15, 0.2) is 60.7 Å². The molecule has 37 heavy (non-hydrogen) atoms. The summed E-state index contributed by atoms with van der Waals surface area (Å²) in [6.45, 7) is 12.7. The van der Waals surface area contributed by atoms with E-state index in [-0.39, 0.29) is 6.54 Å². The number of nitrogens with one attached hydrogen (secondary N) is 1. The average molecular weight is 517 g/mol. The standard InChI is InChI=1S/C30H45FN2O4/c1-29(2,3)37-28(34)32-18-12-19-35-20-13-21-36-30(4,5)27(31)24-33(22-25-14-8-6-9-15-25)23-26-16-10-7-11-17-26/h6-11,14-17,27H,12-13,18-24H2,1-5H3,(H,32,34). The minimum absolute atomic E-state index is 0.276. The van der Waals surface area contributed by atoms with Crippen molar-refractivity contribution < 1.29 is 23.4 Å². The van der Waals surface area contributed by atoms with E-state index < -0.39 is 23.5 Å². The summed E-state index contributed by atoms with van der Waals surface area (Å²) in [6.07, 6.45) is -0.209. The quantitative estimate of drug-likeness (QED) is 0.272. The van der Waals surface area contributed by atoms with Crippen molar-refractivity contribution in [1.29, 1.82) is 0 Å². The first-order chi connectivity index (χ1) is 17.5. The molecule has 2 aromatic carbocycles. The molecule has 0 heterocycles. The summed E-state index contributed by atoms with van der Waals surface area (Å²) in [4.78, 5) is 13.7. The lowest BCUT2D eigenvalue weighted by atomic mass is 10.0. The van der Waals surface area contributed by atoms with E-state index in [0.29, 0.717) is 52.3 Å². The molecule has 0 bridgehead atoms. The van der Waals surface area contributed by atoms with E-state index in [1.54, 1.807) is 0 Å². The second-order valence-electron chi connectivity index (χ2n) is 10.8. The molecule has 0 saturated carbocycles. The van der Waals surface area contributed by atoms with Gasteiger partial charge in [-0.1, -0.05) is 60.7 Å². The Labute approximate surface area is 222 Å². The molecule has 0 aliphatic rings. The summed E-state index contributed by atoms with van der Waals surface area (Å²) >= 11 is 0. The first-order valence-electron chi connectivity index (χ1n) is 13.2. The molecular weight excluding hydrogens is 471 g/mol. The number of carbonyl (C=O) groups excluding carboxylic acids is 1. The van der Waals surface area contributed by atoms with Crippen LogP contribution in [0.3, 0.4) is 0 Å². The van der Waals surface area contributed by atoms with E-state index in [9.17, 15) is 4.79 Å². The first kappa shape index (κ1) is 30.7. The monoisotopic (exact) mass is 516 g/mol.